The van der Waals surface area contributed by atoms with Crippen molar-refractivity contribution in [1.29, 1.82) is 0 Å². The summed E-state index contributed by atoms with van der Waals surface area (Å²) in [7, 11) is 0. The van der Waals surface area contributed by atoms with Gasteiger partial charge in [0.05, 0.1) is 5.69 Å². The van der Waals surface area contributed by atoms with Gasteiger partial charge in [-0.3, -0.25) is 0 Å². The highest BCUT2D eigenvalue weighted by Gasteiger charge is 2.09. The van der Waals surface area contributed by atoms with Crippen molar-refractivity contribution in [2.24, 2.45) is 5.73 Å². The van der Waals surface area contributed by atoms with E-state index in [1.165, 1.54) is 19.2 Å². The van der Waals surface area contributed by atoms with E-state index in [0.717, 1.165) is 12.1 Å². The van der Waals surface area contributed by atoms with Crippen LogP contribution in [0.4, 0.5) is 20.4 Å². The monoisotopic (exact) mass is 280 g/mol. The molecule has 1 aromatic carbocycles. The summed E-state index contributed by atoms with van der Waals surface area (Å²) in [5.41, 5.74) is 5.95. The van der Waals surface area contributed by atoms with E-state index in [2.05, 4.69) is 15.3 Å². The second-order valence-corrected chi connectivity index (χ2v) is 4.28. The zero-order valence-electron chi connectivity index (χ0n) is 9.95. The minimum atomic E-state index is -0.594. The molecule has 98 valence electrons. The number of nitrogens with zero attached hydrogens (tertiary/aromatic N) is 2. The van der Waals surface area contributed by atoms with Gasteiger partial charge < -0.3 is 11.1 Å². The van der Waals surface area contributed by atoms with Crippen molar-refractivity contribution >= 4 is 28.8 Å². The van der Waals surface area contributed by atoms with Gasteiger partial charge in [0, 0.05) is 12.3 Å². The molecule has 0 saturated carbocycles. The van der Waals surface area contributed by atoms with Crippen molar-refractivity contribution in [3.05, 3.63) is 47.3 Å². The SMILES string of the molecule is Cc1cc(F)c(Nc2nccc(C(N)=S)n2)cc1F. The van der Waals surface area contributed by atoms with E-state index in [1.807, 2.05) is 0 Å². The highest BCUT2D eigenvalue weighted by Crippen LogP contribution is 2.21. The van der Waals surface area contributed by atoms with Gasteiger partial charge in [-0.25, -0.2) is 18.7 Å². The Labute approximate surface area is 113 Å². The molecule has 1 aromatic heterocycles. The Morgan fingerprint density at radius 2 is 2.05 bits per heavy atom. The lowest BCUT2D eigenvalue weighted by Gasteiger charge is -2.08. The fraction of sp³-hybridized carbons (Fsp3) is 0.0833. The number of anilines is 2. The maximum Gasteiger partial charge on any atom is 0.227 e. The number of aryl methyl sites for hydroxylation is 1. The second kappa shape index (κ2) is 5.23. The minimum Gasteiger partial charge on any atom is -0.388 e. The molecule has 0 saturated heterocycles. The van der Waals surface area contributed by atoms with Gasteiger partial charge in [-0.1, -0.05) is 12.2 Å². The summed E-state index contributed by atoms with van der Waals surface area (Å²) in [5, 5.41) is 2.58. The molecule has 0 atom stereocenters. The van der Waals surface area contributed by atoms with Crippen LogP contribution >= 0.6 is 12.2 Å². The van der Waals surface area contributed by atoms with Crippen molar-refractivity contribution in [2.75, 3.05) is 5.32 Å². The average molecular weight is 280 g/mol. The van der Waals surface area contributed by atoms with E-state index < -0.39 is 11.6 Å². The molecule has 0 radical (unpaired) electrons. The number of rotatable bonds is 3. The normalized spacial score (nSPS) is 10.3. The minimum absolute atomic E-state index is 0.0526. The molecule has 1 heterocycles. The first-order chi connectivity index (χ1) is 8.97. The molecule has 0 spiro atoms. The van der Waals surface area contributed by atoms with E-state index in [1.54, 1.807) is 0 Å². The number of nitrogens with one attached hydrogen (secondary N) is 1. The summed E-state index contributed by atoms with van der Waals surface area (Å²) in [4.78, 5) is 7.97. The zero-order valence-corrected chi connectivity index (χ0v) is 10.8. The molecule has 0 unspecified atom stereocenters. The van der Waals surface area contributed by atoms with Crippen LogP contribution in [0, 0.1) is 18.6 Å². The molecular formula is C12H10F2N4S. The van der Waals surface area contributed by atoms with Crippen LogP contribution in [-0.4, -0.2) is 15.0 Å². The first kappa shape index (κ1) is 13.3. The van der Waals surface area contributed by atoms with E-state index in [-0.39, 0.29) is 22.2 Å². The molecule has 2 aromatic rings. The average Bonchev–Trinajstić information content (AvgIpc) is 2.36. The van der Waals surface area contributed by atoms with Crippen LogP contribution in [0.1, 0.15) is 11.3 Å². The molecule has 3 N–H and O–H groups in total. The Morgan fingerprint density at radius 1 is 1.32 bits per heavy atom. The number of nitrogens with two attached hydrogens (primary N) is 1. The predicted molar refractivity (Wildman–Crippen MR) is 72.3 cm³/mol. The number of halogens is 2. The number of benzene rings is 1. The standard InChI is InChI=1S/C12H10F2N4S/c1-6-4-8(14)10(5-7(6)13)18-12-16-3-2-9(17-12)11(15)19/h2-5H,1H3,(H2,15,19)(H,16,17,18). The number of hydrogen-bond donors (Lipinski definition) is 2. The lowest BCUT2D eigenvalue weighted by molar-refractivity contribution is 0.595. The topological polar surface area (TPSA) is 63.8 Å². The highest BCUT2D eigenvalue weighted by atomic mass is 32.1. The third-order valence-electron chi connectivity index (χ3n) is 2.40. The molecule has 0 aliphatic heterocycles. The molecular weight excluding hydrogens is 270 g/mol. The van der Waals surface area contributed by atoms with Gasteiger partial charge in [0.15, 0.2) is 0 Å². The number of hydrogen-bond acceptors (Lipinski definition) is 4. The van der Waals surface area contributed by atoms with Crippen molar-refractivity contribution in [3.8, 4) is 0 Å². The van der Waals surface area contributed by atoms with Gasteiger partial charge in [-0.2, -0.15) is 0 Å². The molecule has 0 amide bonds. The van der Waals surface area contributed by atoms with Crippen LogP contribution in [0.25, 0.3) is 0 Å². The summed E-state index contributed by atoms with van der Waals surface area (Å²) in [6.07, 6.45) is 1.42. The fourth-order valence-corrected chi connectivity index (χ4v) is 1.53. The molecule has 19 heavy (non-hydrogen) atoms. The zero-order chi connectivity index (χ0) is 14.0. The summed E-state index contributed by atoms with van der Waals surface area (Å²) >= 11 is 4.78. The summed E-state index contributed by atoms with van der Waals surface area (Å²) in [6.45, 7) is 1.48. The van der Waals surface area contributed by atoms with Gasteiger partial charge in [-0.05, 0) is 24.6 Å². The van der Waals surface area contributed by atoms with Crippen molar-refractivity contribution in [1.82, 2.24) is 9.97 Å². The maximum absolute atomic E-state index is 13.6. The van der Waals surface area contributed by atoms with Crippen LogP contribution in [0.15, 0.2) is 24.4 Å². The van der Waals surface area contributed by atoms with Crippen molar-refractivity contribution in [2.45, 2.75) is 6.92 Å². The fourth-order valence-electron chi connectivity index (χ4n) is 1.42. The maximum atomic E-state index is 13.6. The number of aromatic nitrogens is 2. The third kappa shape index (κ3) is 3.00. The van der Waals surface area contributed by atoms with Crippen LogP contribution in [0.2, 0.25) is 0 Å². The first-order valence-electron chi connectivity index (χ1n) is 5.33. The van der Waals surface area contributed by atoms with Crippen LogP contribution in [-0.2, 0) is 0 Å². The van der Waals surface area contributed by atoms with Gasteiger partial charge in [0.1, 0.15) is 22.3 Å². The van der Waals surface area contributed by atoms with Gasteiger partial charge >= 0.3 is 0 Å². The molecule has 2 rings (SSSR count). The molecule has 0 aliphatic carbocycles. The Balaban J connectivity index is 2.33. The van der Waals surface area contributed by atoms with Crippen LogP contribution < -0.4 is 11.1 Å². The summed E-state index contributed by atoms with van der Waals surface area (Å²) < 4.78 is 27.0. The largest absolute Gasteiger partial charge is 0.388 e. The Morgan fingerprint density at radius 3 is 2.74 bits per heavy atom. The van der Waals surface area contributed by atoms with Crippen molar-refractivity contribution < 1.29 is 8.78 Å². The molecule has 0 aliphatic rings. The van der Waals surface area contributed by atoms with Crippen LogP contribution in [0.3, 0.4) is 0 Å². The lowest BCUT2D eigenvalue weighted by Crippen LogP contribution is -2.13. The van der Waals surface area contributed by atoms with E-state index in [0.29, 0.717) is 5.69 Å². The van der Waals surface area contributed by atoms with Crippen LogP contribution in [0.5, 0.6) is 0 Å². The van der Waals surface area contributed by atoms with Crippen molar-refractivity contribution in [3.63, 3.8) is 0 Å². The van der Waals surface area contributed by atoms with Gasteiger partial charge in [0.2, 0.25) is 5.95 Å². The molecule has 0 fully saturated rings. The molecule has 4 nitrogen and oxygen atoms in total. The molecule has 7 heteroatoms. The van der Waals surface area contributed by atoms with Gasteiger partial charge in [-0.15, -0.1) is 0 Å². The molecule has 0 bridgehead atoms. The van der Waals surface area contributed by atoms with E-state index >= 15 is 0 Å². The lowest BCUT2D eigenvalue weighted by atomic mass is 10.2. The first-order valence-corrected chi connectivity index (χ1v) is 5.73. The Hall–Kier alpha value is -2.15. The van der Waals surface area contributed by atoms with E-state index in [4.69, 9.17) is 18.0 Å². The summed E-state index contributed by atoms with van der Waals surface area (Å²) in [6, 6.07) is 3.66. The van der Waals surface area contributed by atoms with Gasteiger partial charge in [0.25, 0.3) is 0 Å². The Bertz CT molecular complexity index is 646. The number of thiocarbonyl (C=S) groups is 1. The Kier molecular flexibility index (Phi) is 3.66. The van der Waals surface area contributed by atoms with E-state index in [9.17, 15) is 8.78 Å². The predicted octanol–water partition coefficient (Wildman–Crippen LogP) is 2.44. The quantitative estimate of drug-likeness (QED) is 0.845. The highest BCUT2D eigenvalue weighted by molar-refractivity contribution is 7.80. The smallest absolute Gasteiger partial charge is 0.227 e. The second-order valence-electron chi connectivity index (χ2n) is 3.84. The third-order valence-corrected chi connectivity index (χ3v) is 2.61. The summed E-state index contributed by atoms with van der Waals surface area (Å²) in [5.74, 6) is -1.02.